The first-order valence-corrected chi connectivity index (χ1v) is 11.0. The average Bonchev–Trinajstić information content (AvgIpc) is 2.29. The van der Waals surface area contributed by atoms with Crippen molar-refractivity contribution in [3.05, 3.63) is 18.2 Å². The van der Waals surface area contributed by atoms with Crippen LogP contribution in [0.3, 0.4) is 0 Å². The van der Waals surface area contributed by atoms with E-state index >= 15 is 0 Å². The second kappa shape index (κ2) is 8.35. The van der Waals surface area contributed by atoms with Crippen LogP contribution in [0.1, 0.15) is 20.3 Å². The molecule has 0 heterocycles. The Labute approximate surface area is 130 Å². The molecule has 0 aliphatic carbocycles. The van der Waals surface area contributed by atoms with Gasteiger partial charge >= 0.3 is 88.1 Å². The molecule has 1 aromatic rings. The van der Waals surface area contributed by atoms with Crippen molar-refractivity contribution < 1.29 is 34.8 Å². The molecule has 5 N–H and O–H groups in total. The first kappa shape index (κ1) is 20.7. The summed E-state index contributed by atoms with van der Waals surface area (Å²) in [6.07, 6.45) is 0.471. The minimum atomic E-state index is -5.15. The summed E-state index contributed by atoms with van der Waals surface area (Å²) in [5.41, 5.74) is -0.00951. The standard InChI is InChI=1S/C8H10AsNO5.C3H8O3S/c1-5(11)10-7-4-2-3-6(8(7)12)9(13,14)15;1-2-3-7(4,5)6/h2-4,12H,1H3,(H,10,11)(H2,13,14,15);2-3H2,1H3,(H,4,5,6). The van der Waals surface area contributed by atoms with Gasteiger partial charge in [0, 0.05) is 0 Å². The number of phenols is 1. The summed E-state index contributed by atoms with van der Waals surface area (Å²) in [6.45, 7) is 2.92. The molecule has 0 saturated carbocycles. The first-order chi connectivity index (χ1) is 9.88. The van der Waals surface area contributed by atoms with Crippen LogP contribution in [-0.4, -0.2) is 52.1 Å². The number of phenolic OH excluding ortho intramolecular Hbond substituents is 1. The van der Waals surface area contributed by atoms with Gasteiger partial charge in [0.15, 0.2) is 0 Å². The molecule has 0 saturated heterocycles. The Bertz CT molecular complexity index is 667. The number of carbonyl (C=O) groups excluding carboxylic acids is 1. The third kappa shape index (κ3) is 8.20. The van der Waals surface area contributed by atoms with Gasteiger partial charge in [0.1, 0.15) is 0 Å². The fourth-order valence-electron chi connectivity index (χ4n) is 1.31. The smallest absolute Gasteiger partial charge is 0.264 e. The van der Waals surface area contributed by atoms with E-state index in [1.165, 1.54) is 19.1 Å². The van der Waals surface area contributed by atoms with Gasteiger partial charge in [0.25, 0.3) is 10.1 Å². The van der Waals surface area contributed by atoms with E-state index in [9.17, 15) is 22.1 Å². The molecule has 9 nitrogen and oxygen atoms in total. The Morgan fingerprint density at radius 3 is 2.18 bits per heavy atom. The molecule has 11 heteroatoms. The maximum atomic E-state index is 11.0. The molecule has 0 radical (unpaired) electrons. The van der Waals surface area contributed by atoms with Crippen molar-refractivity contribution in [2.45, 2.75) is 20.3 Å². The normalized spacial score (nSPS) is 11.3. The van der Waals surface area contributed by atoms with E-state index in [1.54, 1.807) is 6.92 Å². The van der Waals surface area contributed by atoms with Gasteiger partial charge in [-0.15, -0.1) is 0 Å². The predicted molar refractivity (Wildman–Crippen MR) is 79.6 cm³/mol. The van der Waals surface area contributed by atoms with Crippen molar-refractivity contribution in [2.75, 3.05) is 11.1 Å². The summed E-state index contributed by atoms with van der Waals surface area (Å²) in [7, 11) is -3.67. The second-order valence-corrected chi connectivity index (χ2v) is 9.05. The summed E-state index contributed by atoms with van der Waals surface area (Å²) in [5, 5.41) is 11.7. The number of nitrogens with one attached hydrogen (secondary N) is 1. The maximum Gasteiger partial charge on any atom is 0.264 e. The molecule has 1 amide bonds. The number of aromatic hydroxyl groups is 1. The number of rotatable bonds is 4. The molecule has 0 bridgehead atoms. The zero-order valence-corrected chi connectivity index (χ0v) is 14.6. The predicted octanol–water partition coefficient (Wildman–Crippen LogP) is -0.804. The van der Waals surface area contributed by atoms with E-state index in [0.29, 0.717) is 6.42 Å². The van der Waals surface area contributed by atoms with Crippen LogP contribution in [0.2, 0.25) is 0 Å². The van der Waals surface area contributed by atoms with Crippen molar-refractivity contribution in [2.24, 2.45) is 0 Å². The van der Waals surface area contributed by atoms with E-state index in [2.05, 4.69) is 5.32 Å². The fraction of sp³-hybridized carbons (Fsp3) is 0.364. The topological polar surface area (TPSA) is 161 Å². The van der Waals surface area contributed by atoms with E-state index in [4.69, 9.17) is 12.7 Å². The maximum absolute atomic E-state index is 11.0. The molecular weight excluding hydrogens is 381 g/mol. The average molecular weight is 399 g/mol. The van der Waals surface area contributed by atoms with Crippen LogP contribution in [-0.2, 0) is 18.7 Å². The van der Waals surface area contributed by atoms with Gasteiger partial charge in [-0.05, 0) is 6.42 Å². The summed E-state index contributed by atoms with van der Waals surface area (Å²) in [5.74, 6) is -1.15. The van der Waals surface area contributed by atoms with Crippen LogP contribution >= 0.6 is 0 Å². The summed E-state index contributed by atoms with van der Waals surface area (Å²) < 4.78 is 55.9. The summed E-state index contributed by atoms with van der Waals surface area (Å²) >= 11 is -5.15. The SMILES string of the molecule is CC(=O)Nc1cccc([As](=O)(O)O)c1O.CCCS(=O)(=O)O. The molecule has 0 spiro atoms. The molecule has 1 aromatic carbocycles. The number of anilines is 1. The van der Waals surface area contributed by atoms with Crippen LogP contribution in [0.5, 0.6) is 5.75 Å². The van der Waals surface area contributed by atoms with Crippen LogP contribution in [0.25, 0.3) is 0 Å². The van der Waals surface area contributed by atoms with Gasteiger partial charge in [0.2, 0.25) is 0 Å². The van der Waals surface area contributed by atoms with Crippen molar-refractivity contribution >= 4 is 40.2 Å². The van der Waals surface area contributed by atoms with Gasteiger partial charge < -0.3 is 0 Å². The molecule has 0 aliphatic heterocycles. The molecule has 22 heavy (non-hydrogen) atoms. The van der Waals surface area contributed by atoms with Gasteiger partial charge in [-0.25, -0.2) is 0 Å². The minimum absolute atomic E-state index is 0.00951. The summed E-state index contributed by atoms with van der Waals surface area (Å²) in [6, 6.07) is 3.83. The Morgan fingerprint density at radius 1 is 1.32 bits per heavy atom. The molecule has 0 aromatic heterocycles. The monoisotopic (exact) mass is 399 g/mol. The number of para-hydroxylation sites is 1. The van der Waals surface area contributed by atoms with E-state index in [1.807, 2.05) is 0 Å². The van der Waals surface area contributed by atoms with Crippen molar-refractivity contribution in [3.8, 4) is 5.75 Å². The largest absolute Gasteiger partial charge is 0.286 e. The Morgan fingerprint density at radius 2 is 1.86 bits per heavy atom. The van der Waals surface area contributed by atoms with Crippen molar-refractivity contribution in [1.82, 2.24) is 0 Å². The number of hydrogen-bond acceptors (Lipinski definition) is 5. The van der Waals surface area contributed by atoms with Gasteiger partial charge in [-0.2, -0.15) is 8.42 Å². The van der Waals surface area contributed by atoms with Gasteiger partial charge in [-0.3, -0.25) is 4.55 Å². The third-order valence-corrected chi connectivity index (χ3v) is 5.10. The van der Waals surface area contributed by atoms with E-state index in [0.717, 1.165) is 6.07 Å². The fourth-order valence-corrected chi connectivity index (χ4v) is 3.25. The van der Waals surface area contributed by atoms with E-state index < -0.39 is 40.3 Å². The molecule has 1 rings (SSSR count). The number of benzene rings is 1. The first-order valence-electron chi connectivity index (χ1n) is 5.99. The van der Waals surface area contributed by atoms with E-state index in [-0.39, 0.29) is 11.4 Å². The van der Waals surface area contributed by atoms with Crippen LogP contribution < -0.4 is 9.67 Å². The number of amides is 1. The Kier molecular flexibility index (Phi) is 7.85. The van der Waals surface area contributed by atoms with Crippen LogP contribution in [0, 0.1) is 0 Å². The Balaban J connectivity index is 0.000000534. The quantitative estimate of drug-likeness (QED) is 0.250. The molecule has 0 atom stereocenters. The molecular formula is C11H18AsNO8S. The van der Waals surface area contributed by atoms with Gasteiger partial charge in [0.05, 0.1) is 5.75 Å². The summed E-state index contributed by atoms with van der Waals surface area (Å²) in [4.78, 5) is 10.7. The van der Waals surface area contributed by atoms with Gasteiger partial charge in [-0.1, -0.05) is 6.92 Å². The molecule has 0 unspecified atom stereocenters. The number of carbonyl (C=O) groups is 1. The van der Waals surface area contributed by atoms with Crippen molar-refractivity contribution in [1.29, 1.82) is 0 Å². The molecule has 126 valence electrons. The zero-order chi connectivity index (χ0) is 17.6. The molecule has 0 aliphatic rings. The van der Waals surface area contributed by atoms with Crippen LogP contribution in [0.15, 0.2) is 18.2 Å². The van der Waals surface area contributed by atoms with Crippen molar-refractivity contribution in [3.63, 3.8) is 0 Å². The second-order valence-electron chi connectivity index (χ2n) is 4.18. The Hall–Kier alpha value is -1.32. The molecule has 0 fully saturated rings. The zero-order valence-electron chi connectivity index (χ0n) is 11.9. The number of hydrogen-bond donors (Lipinski definition) is 5. The minimum Gasteiger partial charge on any atom is -0.286 e. The van der Waals surface area contributed by atoms with Crippen LogP contribution in [0.4, 0.5) is 5.69 Å². The third-order valence-electron chi connectivity index (χ3n) is 2.10.